The van der Waals surface area contributed by atoms with Gasteiger partial charge in [-0.1, -0.05) is 49.8 Å². The van der Waals surface area contributed by atoms with Gasteiger partial charge in [0.05, 0.1) is 23.4 Å². The van der Waals surface area contributed by atoms with E-state index in [2.05, 4.69) is 41.3 Å². The number of benzene rings is 1. The number of nitriles is 3. The molecule has 1 aliphatic carbocycles. The topological polar surface area (TPSA) is 101 Å². The first-order valence-corrected chi connectivity index (χ1v) is 9.30. The van der Waals surface area contributed by atoms with Gasteiger partial charge in [-0.05, 0) is 17.6 Å². The number of rotatable bonds is 4. The van der Waals surface area contributed by atoms with E-state index >= 15 is 0 Å². The van der Waals surface area contributed by atoms with Crippen LogP contribution in [0, 0.1) is 51.2 Å². The Morgan fingerprint density at radius 1 is 1.19 bits per heavy atom. The highest BCUT2D eigenvalue weighted by Gasteiger charge is 2.53. The number of fused-ring (bicyclic) bond motifs is 1. The average Bonchev–Trinajstić information content (AvgIpc) is 2.70. The normalized spacial score (nSPS) is 24.1. The van der Waals surface area contributed by atoms with Gasteiger partial charge in [0.1, 0.15) is 6.07 Å². The highest BCUT2D eigenvalue weighted by Crippen LogP contribution is 2.51. The fourth-order valence-corrected chi connectivity index (χ4v) is 4.45. The third-order valence-electron chi connectivity index (χ3n) is 5.76. The van der Waals surface area contributed by atoms with E-state index in [1.165, 1.54) is 5.56 Å². The molecule has 1 heterocycles. The molecule has 1 aromatic rings. The van der Waals surface area contributed by atoms with Crippen molar-refractivity contribution >= 4 is 0 Å². The maximum Gasteiger partial charge on any atom is 0.187 e. The van der Waals surface area contributed by atoms with Crippen LogP contribution in [-0.2, 0) is 6.54 Å². The summed E-state index contributed by atoms with van der Waals surface area (Å²) in [5.41, 5.74) is 7.40. The maximum atomic E-state index is 9.88. The van der Waals surface area contributed by atoms with Crippen LogP contribution >= 0.6 is 0 Å². The molecule has 0 fully saturated rings. The van der Waals surface area contributed by atoms with E-state index in [9.17, 15) is 15.8 Å². The fraction of sp³-hybridized carbons (Fsp3) is 0.409. The van der Waals surface area contributed by atoms with E-state index in [1.54, 1.807) is 0 Å². The zero-order valence-corrected chi connectivity index (χ0v) is 15.5. The summed E-state index contributed by atoms with van der Waals surface area (Å²) >= 11 is 0. The first-order valence-electron chi connectivity index (χ1n) is 9.30. The first kappa shape index (κ1) is 18.7. The molecule has 1 aliphatic heterocycles. The fourth-order valence-electron chi connectivity index (χ4n) is 4.45. The summed E-state index contributed by atoms with van der Waals surface area (Å²) in [5.74, 6) is -0.247. The van der Waals surface area contributed by atoms with E-state index in [-0.39, 0.29) is 17.5 Å². The van der Waals surface area contributed by atoms with Gasteiger partial charge in [0.25, 0.3) is 0 Å². The Morgan fingerprint density at radius 2 is 1.89 bits per heavy atom. The third-order valence-corrected chi connectivity index (χ3v) is 5.76. The second-order valence-corrected chi connectivity index (χ2v) is 7.27. The van der Waals surface area contributed by atoms with Gasteiger partial charge in [0.2, 0.25) is 0 Å². The second-order valence-electron chi connectivity index (χ2n) is 7.27. The predicted molar refractivity (Wildman–Crippen MR) is 102 cm³/mol. The number of hydrogen-bond acceptors (Lipinski definition) is 5. The van der Waals surface area contributed by atoms with Gasteiger partial charge in [-0.15, -0.1) is 0 Å². The summed E-state index contributed by atoms with van der Waals surface area (Å²) in [6.07, 6.45) is 3.64. The minimum atomic E-state index is -1.43. The lowest BCUT2D eigenvalue weighted by atomic mass is 9.59. The van der Waals surface area contributed by atoms with Crippen LogP contribution in [-0.4, -0.2) is 18.0 Å². The quantitative estimate of drug-likeness (QED) is 0.891. The monoisotopic (exact) mass is 357 g/mol. The molecule has 2 N–H and O–H groups in total. The van der Waals surface area contributed by atoms with Crippen molar-refractivity contribution in [1.29, 1.82) is 15.8 Å². The summed E-state index contributed by atoms with van der Waals surface area (Å²) in [6, 6.07) is 16.7. The molecule has 0 bridgehead atoms. The Morgan fingerprint density at radius 3 is 2.48 bits per heavy atom. The molecular weight excluding hydrogens is 334 g/mol. The lowest BCUT2D eigenvalue weighted by Gasteiger charge is -2.45. The van der Waals surface area contributed by atoms with Crippen molar-refractivity contribution < 1.29 is 0 Å². The Bertz CT molecular complexity index is 877. The second kappa shape index (κ2) is 7.67. The molecule has 27 heavy (non-hydrogen) atoms. The number of allylic oxidation sites excluding steroid dienone is 2. The van der Waals surface area contributed by atoms with E-state index in [4.69, 9.17) is 5.73 Å². The van der Waals surface area contributed by atoms with Crippen molar-refractivity contribution in [2.75, 3.05) is 13.1 Å². The van der Waals surface area contributed by atoms with Crippen LogP contribution in [0.3, 0.4) is 0 Å². The Kier molecular flexibility index (Phi) is 5.31. The molecule has 0 saturated carbocycles. The SMILES string of the molecule is CCCC1C2CN(Cc3ccccc3)CC=C2C(C#N)=C(N)C1(C#N)C#N. The molecule has 136 valence electrons. The Hall–Kier alpha value is -3.07. The van der Waals surface area contributed by atoms with Gasteiger partial charge in [0, 0.05) is 31.5 Å². The molecule has 2 unspecified atom stereocenters. The summed E-state index contributed by atoms with van der Waals surface area (Å²) in [5, 5.41) is 29.4. The summed E-state index contributed by atoms with van der Waals surface area (Å²) in [4.78, 5) is 2.31. The molecule has 0 spiro atoms. The lowest BCUT2D eigenvalue weighted by Crippen LogP contribution is -2.49. The molecule has 1 aromatic carbocycles. The van der Waals surface area contributed by atoms with Crippen LogP contribution in [0.1, 0.15) is 25.3 Å². The van der Waals surface area contributed by atoms with Crippen LogP contribution < -0.4 is 5.73 Å². The zero-order chi connectivity index (χ0) is 19.4. The molecule has 2 aliphatic rings. The van der Waals surface area contributed by atoms with Crippen molar-refractivity contribution in [3.05, 3.63) is 58.8 Å². The summed E-state index contributed by atoms with van der Waals surface area (Å²) in [6.45, 7) is 4.29. The maximum absolute atomic E-state index is 9.88. The van der Waals surface area contributed by atoms with Gasteiger partial charge in [-0.25, -0.2) is 0 Å². The molecule has 0 radical (unpaired) electrons. The van der Waals surface area contributed by atoms with Crippen LogP contribution in [0.25, 0.3) is 0 Å². The molecular formula is C22H23N5. The molecule has 0 aromatic heterocycles. The summed E-state index contributed by atoms with van der Waals surface area (Å²) in [7, 11) is 0. The van der Waals surface area contributed by atoms with Crippen molar-refractivity contribution in [2.24, 2.45) is 23.0 Å². The Balaban J connectivity index is 2.02. The molecule has 5 nitrogen and oxygen atoms in total. The highest BCUT2D eigenvalue weighted by molar-refractivity contribution is 5.56. The van der Waals surface area contributed by atoms with Gasteiger partial charge in [-0.2, -0.15) is 15.8 Å². The van der Waals surface area contributed by atoms with E-state index in [1.807, 2.05) is 25.1 Å². The van der Waals surface area contributed by atoms with Crippen LogP contribution in [0.15, 0.2) is 53.3 Å². The van der Waals surface area contributed by atoms with Gasteiger partial charge < -0.3 is 5.73 Å². The van der Waals surface area contributed by atoms with Gasteiger partial charge >= 0.3 is 0 Å². The molecule has 3 rings (SSSR count). The number of nitrogens with two attached hydrogens (primary N) is 1. The van der Waals surface area contributed by atoms with Crippen LogP contribution in [0.2, 0.25) is 0 Å². The van der Waals surface area contributed by atoms with Crippen molar-refractivity contribution in [1.82, 2.24) is 4.90 Å². The minimum Gasteiger partial charge on any atom is -0.399 e. The van der Waals surface area contributed by atoms with Gasteiger partial charge in [-0.3, -0.25) is 4.90 Å². The third kappa shape index (κ3) is 3.10. The van der Waals surface area contributed by atoms with Crippen molar-refractivity contribution in [2.45, 2.75) is 26.3 Å². The van der Waals surface area contributed by atoms with Gasteiger partial charge in [0.15, 0.2) is 5.41 Å². The van der Waals surface area contributed by atoms with E-state index < -0.39 is 5.41 Å². The number of hydrogen-bond donors (Lipinski definition) is 1. The largest absolute Gasteiger partial charge is 0.399 e. The minimum absolute atomic E-state index is 0.0383. The van der Waals surface area contributed by atoms with Crippen LogP contribution in [0.5, 0.6) is 0 Å². The predicted octanol–water partition coefficient (Wildman–Crippen LogP) is 3.24. The first-order chi connectivity index (χ1) is 13.1. The lowest BCUT2D eigenvalue weighted by molar-refractivity contribution is 0.155. The smallest absolute Gasteiger partial charge is 0.187 e. The Labute approximate surface area is 160 Å². The highest BCUT2D eigenvalue weighted by atomic mass is 15.1. The van der Waals surface area contributed by atoms with Crippen molar-refractivity contribution in [3.63, 3.8) is 0 Å². The molecule has 0 amide bonds. The van der Waals surface area contributed by atoms with E-state index in [0.717, 1.165) is 38.0 Å². The molecule has 0 saturated heterocycles. The average molecular weight is 357 g/mol. The molecule has 2 atom stereocenters. The van der Waals surface area contributed by atoms with E-state index in [0.29, 0.717) is 5.57 Å². The van der Waals surface area contributed by atoms with Crippen LogP contribution in [0.4, 0.5) is 0 Å². The number of nitrogens with zero attached hydrogens (tertiary/aromatic N) is 4. The van der Waals surface area contributed by atoms with Crippen molar-refractivity contribution in [3.8, 4) is 18.2 Å². The summed E-state index contributed by atoms with van der Waals surface area (Å²) < 4.78 is 0. The molecule has 5 heteroatoms. The standard InChI is InChI=1S/C22H23N5/c1-2-6-20-19-13-27(12-16-7-4-3-5-8-16)10-9-17(19)18(11-23)21(26)22(20,14-24)15-25/h3-5,7-9,19-20H,2,6,10,12-13,26H2,1H3. The zero-order valence-electron chi connectivity index (χ0n) is 15.5.